The van der Waals surface area contributed by atoms with Crippen LogP contribution in [0.15, 0.2) is 18.2 Å². The quantitative estimate of drug-likeness (QED) is 0.367. The normalized spacial score (nSPS) is 9.38. The Labute approximate surface area is 81.3 Å². The molecule has 0 saturated heterocycles. The first kappa shape index (κ1) is 9.76. The number of hydrogen-bond donors (Lipinski definition) is 3. The van der Waals surface area contributed by atoms with Crippen LogP contribution in [0.25, 0.3) is 0 Å². The summed E-state index contributed by atoms with van der Waals surface area (Å²) in [6.45, 7) is 0. The molecule has 0 aromatic heterocycles. The lowest BCUT2D eigenvalue weighted by atomic mass is 10.2. The molecule has 0 aliphatic heterocycles. The molecule has 0 aliphatic rings. The number of phenolic OH excluding ortho intramolecular Hbond substituents is 1. The summed E-state index contributed by atoms with van der Waals surface area (Å²) >= 11 is 4.90. The van der Waals surface area contributed by atoms with Gasteiger partial charge in [-0.3, -0.25) is 0 Å². The molecule has 0 unspecified atom stereocenters. The molecule has 0 spiro atoms. The maximum atomic E-state index is 9.27. The Bertz CT molecular complexity index is 328. The fraction of sp³-hybridized carbons (Fsp3) is 0.125. The van der Waals surface area contributed by atoms with Gasteiger partial charge in [-0.25, -0.2) is 5.84 Å². The molecule has 0 fully saturated rings. The smallest absolute Gasteiger partial charge is 0.161 e. The van der Waals surface area contributed by atoms with Crippen LogP contribution in [0.4, 0.5) is 0 Å². The van der Waals surface area contributed by atoms with E-state index in [9.17, 15) is 5.11 Å². The minimum Gasteiger partial charge on any atom is -0.504 e. The molecule has 0 amide bonds. The van der Waals surface area contributed by atoms with E-state index in [2.05, 4.69) is 5.43 Å². The zero-order chi connectivity index (χ0) is 9.84. The Morgan fingerprint density at radius 3 is 2.85 bits per heavy atom. The lowest BCUT2D eigenvalue weighted by molar-refractivity contribution is 0.373. The molecule has 0 bridgehead atoms. The summed E-state index contributed by atoms with van der Waals surface area (Å²) in [5, 5.41) is 9.27. The van der Waals surface area contributed by atoms with Crippen molar-refractivity contribution in [3.63, 3.8) is 0 Å². The molecule has 1 aromatic rings. The number of nitrogens with two attached hydrogens (primary N) is 1. The van der Waals surface area contributed by atoms with E-state index in [-0.39, 0.29) is 5.75 Å². The van der Waals surface area contributed by atoms with Gasteiger partial charge in [-0.1, -0.05) is 12.2 Å². The van der Waals surface area contributed by atoms with E-state index in [0.29, 0.717) is 16.3 Å². The van der Waals surface area contributed by atoms with Crippen molar-refractivity contribution in [1.29, 1.82) is 0 Å². The lowest BCUT2D eigenvalue weighted by Gasteiger charge is -2.06. The maximum absolute atomic E-state index is 9.27. The van der Waals surface area contributed by atoms with Crippen molar-refractivity contribution >= 4 is 17.2 Å². The van der Waals surface area contributed by atoms with E-state index in [0.717, 1.165) is 0 Å². The zero-order valence-electron chi connectivity index (χ0n) is 7.07. The maximum Gasteiger partial charge on any atom is 0.161 e. The summed E-state index contributed by atoms with van der Waals surface area (Å²) in [6, 6.07) is 4.76. The molecular weight excluding hydrogens is 188 g/mol. The van der Waals surface area contributed by atoms with Crippen molar-refractivity contribution in [2.24, 2.45) is 5.84 Å². The number of benzene rings is 1. The molecule has 4 nitrogen and oxygen atoms in total. The molecule has 0 heterocycles. The number of phenols is 1. The number of rotatable bonds is 2. The average Bonchev–Trinajstić information content (AvgIpc) is 2.17. The van der Waals surface area contributed by atoms with Gasteiger partial charge in [-0.05, 0) is 18.2 Å². The minimum absolute atomic E-state index is 0.0751. The van der Waals surface area contributed by atoms with Gasteiger partial charge in [0, 0.05) is 5.56 Å². The predicted molar refractivity (Wildman–Crippen MR) is 53.7 cm³/mol. The van der Waals surface area contributed by atoms with E-state index < -0.39 is 0 Å². The third-order valence-corrected chi connectivity index (χ3v) is 1.93. The average molecular weight is 198 g/mol. The molecule has 0 aliphatic carbocycles. The second-order valence-electron chi connectivity index (χ2n) is 2.36. The van der Waals surface area contributed by atoms with Crippen LogP contribution in [0.2, 0.25) is 0 Å². The first-order chi connectivity index (χ1) is 6.19. The number of hydrazine groups is 1. The number of thiocarbonyl (C=S) groups is 1. The van der Waals surface area contributed by atoms with Crippen molar-refractivity contribution in [2.75, 3.05) is 7.11 Å². The summed E-state index contributed by atoms with van der Waals surface area (Å²) in [6.07, 6.45) is 0. The van der Waals surface area contributed by atoms with Crippen LogP contribution in [0.3, 0.4) is 0 Å². The Hall–Kier alpha value is -1.33. The van der Waals surface area contributed by atoms with Gasteiger partial charge in [0.25, 0.3) is 0 Å². The van der Waals surface area contributed by atoms with Crippen molar-refractivity contribution in [1.82, 2.24) is 5.43 Å². The number of hydrogen-bond acceptors (Lipinski definition) is 4. The van der Waals surface area contributed by atoms with Gasteiger partial charge < -0.3 is 15.3 Å². The van der Waals surface area contributed by atoms with Gasteiger partial charge in [-0.2, -0.15) is 0 Å². The second kappa shape index (κ2) is 4.06. The second-order valence-corrected chi connectivity index (χ2v) is 2.77. The number of methoxy groups -OCH3 is 1. The Balaban J connectivity index is 3.06. The van der Waals surface area contributed by atoms with Crippen molar-refractivity contribution in [3.05, 3.63) is 23.8 Å². The van der Waals surface area contributed by atoms with E-state index in [1.807, 2.05) is 0 Å². The van der Waals surface area contributed by atoms with Crippen LogP contribution in [-0.4, -0.2) is 17.2 Å². The SMILES string of the molecule is COc1cc(C(=S)NN)ccc1O. The molecule has 1 aromatic carbocycles. The number of aromatic hydroxyl groups is 1. The van der Waals surface area contributed by atoms with Gasteiger partial charge in [-0.15, -0.1) is 0 Å². The summed E-state index contributed by atoms with van der Waals surface area (Å²) < 4.78 is 4.90. The van der Waals surface area contributed by atoms with Crippen molar-refractivity contribution < 1.29 is 9.84 Å². The molecule has 1 rings (SSSR count). The van der Waals surface area contributed by atoms with Gasteiger partial charge >= 0.3 is 0 Å². The van der Waals surface area contributed by atoms with Gasteiger partial charge in [0.15, 0.2) is 11.5 Å². The Morgan fingerprint density at radius 1 is 1.62 bits per heavy atom. The summed E-state index contributed by atoms with van der Waals surface area (Å²) in [4.78, 5) is 0.401. The summed E-state index contributed by atoms with van der Waals surface area (Å²) in [5.74, 6) is 5.58. The van der Waals surface area contributed by atoms with Crippen molar-refractivity contribution in [2.45, 2.75) is 0 Å². The van der Waals surface area contributed by atoms with E-state index in [1.165, 1.54) is 13.2 Å². The van der Waals surface area contributed by atoms with Gasteiger partial charge in [0.2, 0.25) is 0 Å². The monoisotopic (exact) mass is 198 g/mol. The topological polar surface area (TPSA) is 67.5 Å². The Morgan fingerprint density at radius 2 is 2.31 bits per heavy atom. The third-order valence-electron chi connectivity index (χ3n) is 1.57. The highest BCUT2D eigenvalue weighted by Crippen LogP contribution is 2.26. The largest absolute Gasteiger partial charge is 0.504 e. The summed E-state index contributed by atoms with van der Waals surface area (Å²) in [7, 11) is 1.47. The van der Waals surface area contributed by atoms with Crippen LogP contribution < -0.4 is 16.0 Å². The molecule has 0 atom stereocenters. The third kappa shape index (κ3) is 2.07. The number of ether oxygens (including phenoxy) is 1. The van der Waals surface area contributed by atoms with Crippen LogP contribution in [0.1, 0.15) is 5.56 Å². The molecule has 70 valence electrons. The molecule has 4 N–H and O–H groups in total. The van der Waals surface area contributed by atoms with Crippen LogP contribution >= 0.6 is 12.2 Å². The van der Waals surface area contributed by atoms with Crippen LogP contribution in [0, 0.1) is 0 Å². The van der Waals surface area contributed by atoms with E-state index in [4.69, 9.17) is 22.8 Å². The lowest BCUT2D eigenvalue weighted by Crippen LogP contribution is -2.28. The number of nitrogens with one attached hydrogen (secondary N) is 1. The van der Waals surface area contributed by atoms with Crippen molar-refractivity contribution in [3.8, 4) is 11.5 Å². The fourth-order valence-electron chi connectivity index (χ4n) is 0.902. The minimum atomic E-state index is 0.0751. The first-order valence-corrected chi connectivity index (χ1v) is 3.98. The van der Waals surface area contributed by atoms with Gasteiger partial charge in [0.05, 0.1) is 7.11 Å². The van der Waals surface area contributed by atoms with Crippen LogP contribution in [0.5, 0.6) is 11.5 Å². The molecule has 5 heteroatoms. The zero-order valence-corrected chi connectivity index (χ0v) is 7.89. The predicted octanol–water partition coefficient (Wildman–Crippen LogP) is 0.540. The fourth-order valence-corrected chi connectivity index (χ4v) is 1.03. The molecular formula is C8H10N2O2S. The summed E-state index contributed by atoms with van der Waals surface area (Å²) in [5.41, 5.74) is 3.05. The van der Waals surface area contributed by atoms with E-state index >= 15 is 0 Å². The first-order valence-electron chi connectivity index (χ1n) is 3.57. The standard InChI is InChI=1S/C8H10N2O2S/c1-12-7-4-5(8(13)10-9)2-3-6(7)11/h2-4,11H,9H2,1H3,(H,10,13). The van der Waals surface area contributed by atoms with Crippen LogP contribution in [-0.2, 0) is 0 Å². The highest BCUT2D eigenvalue weighted by molar-refractivity contribution is 7.80. The van der Waals surface area contributed by atoms with Gasteiger partial charge in [0.1, 0.15) is 4.99 Å². The molecule has 0 saturated carbocycles. The highest BCUT2D eigenvalue weighted by atomic mass is 32.1. The molecule has 0 radical (unpaired) electrons. The van der Waals surface area contributed by atoms with E-state index in [1.54, 1.807) is 12.1 Å². The molecule has 13 heavy (non-hydrogen) atoms. The highest BCUT2D eigenvalue weighted by Gasteiger charge is 2.04. The Kier molecular flexibility index (Phi) is 3.05.